The molecule has 1 aliphatic rings. The SMILES string of the molecule is CC1CN(c2ccc(C#N)cc2F)C(C)CO1. The number of rotatable bonds is 1. The summed E-state index contributed by atoms with van der Waals surface area (Å²) in [5.41, 5.74) is 0.895. The fourth-order valence-corrected chi connectivity index (χ4v) is 2.05. The van der Waals surface area contributed by atoms with Gasteiger partial charge in [-0.2, -0.15) is 5.26 Å². The number of ether oxygens (including phenoxy) is 1. The highest BCUT2D eigenvalue weighted by Crippen LogP contribution is 2.25. The van der Waals surface area contributed by atoms with Crippen molar-refractivity contribution >= 4 is 5.69 Å². The fourth-order valence-electron chi connectivity index (χ4n) is 2.05. The van der Waals surface area contributed by atoms with E-state index < -0.39 is 0 Å². The normalized spacial score (nSPS) is 24.5. The van der Waals surface area contributed by atoms with Crippen LogP contribution in [0.15, 0.2) is 18.2 Å². The molecule has 1 aromatic rings. The third-order valence-electron chi connectivity index (χ3n) is 2.99. The molecule has 0 bridgehead atoms. The molecule has 0 amide bonds. The molecule has 1 heterocycles. The van der Waals surface area contributed by atoms with Crippen molar-refractivity contribution in [1.29, 1.82) is 5.26 Å². The van der Waals surface area contributed by atoms with Gasteiger partial charge in [0.25, 0.3) is 0 Å². The summed E-state index contributed by atoms with van der Waals surface area (Å²) in [6, 6.07) is 6.67. The summed E-state index contributed by atoms with van der Waals surface area (Å²) in [6.07, 6.45) is 0.0984. The molecule has 17 heavy (non-hydrogen) atoms. The predicted molar refractivity (Wildman–Crippen MR) is 63.3 cm³/mol. The van der Waals surface area contributed by atoms with Crippen LogP contribution in [-0.2, 0) is 4.74 Å². The molecule has 0 aromatic heterocycles. The van der Waals surface area contributed by atoms with E-state index in [1.165, 1.54) is 6.07 Å². The van der Waals surface area contributed by atoms with Gasteiger partial charge in [-0.15, -0.1) is 0 Å². The minimum atomic E-state index is -0.343. The van der Waals surface area contributed by atoms with E-state index >= 15 is 0 Å². The molecule has 0 saturated carbocycles. The van der Waals surface area contributed by atoms with E-state index in [9.17, 15) is 4.39 Å². The zero-order chi connectivity index (χ0) is 12.4. The van der Waals surface area contributed by atoms with Crippen LogP contribution in [0.25, 0.3) is 0 Å². The van der Waals surface area contributed by atoms with Crippen molar-refractivity contribution in [1.82, 2.24) is 0 Å². The number of morpholine rings is 1. The Bertz CT molecular complexity index is 455. The van der Waals surface area contributed by atoms with E-state index in [0.717, 1.165) is 0 Å². The maximum absolute atomic E-state index is 13.9. The number of hydrogen-bond acceptors (Lipinski definition) is 3. The molecule has 0 aliphatic carbocycles. The van der Waals surface area contributed by atoms with Crippen LogP contribution < -0.4 is 4.90 Å². The minimum Gasteiger partial charge on any atom is -0.375 e. The highest BCUT2D eigenvalue weighted by atomic mass is 19.1. The van der Waals surface area contributed by atoms with Crippen LogP contribution in [0.5, 0.6) is 0 Å². The van der Waals surface area contributed by atoms with Gasteiger partial charge in [0.1, 0.15) is 5.82 Å². The Labute approximate surface area is 100 Å². The summed E-state index contributed by atoms with van der Waals surface area (Å²) in [5, 5.41) is 8.71. The van der Waals surface area contributed by atoms with Crippen molar-refractivity contribution < 1.29 is 9.13 Å². The lowest BCUT2D eigenvalue weighted by Crippen LogP contribution is -2.47. The summed E-state index contributed by atoms with van der Waals surface area (Å²) in [4.78, 5) is 1.99. The topological polar surface area (TPSA) is 36.3 Å². The average Bonchev–Trinajstić information content (AvgIpc) is 2.32. The van der Waals surface area contributed by atoms with Gasteiger partial charge in [0.2, 0.25) is 0 Å². The van der Waals surface area contributed by atoms with E-state index in [0.29, 0.717) is 24.4 Å². The van der Waals surface area contributed by atoms with Crippen LogP contribution in [0.3, 0.4) is 0 Å². The average molecular weight is 234 g/mol. The highest BCUT2D eigenvalue weighted by Gasteiger charge is 2.25. The third-order valence-corrected chi connectivity index (χ3v) is 2.99. The number of nitriles is 1. The Kier molecular flexibility index (Phi) is 3.30. The van der Waals surface area contributed by atoms with Crippen molar-refractivity contribution in [2.45, 2.75) is 26.0 Å². The van der Waals surface area contributed by atoms with Gasteiger partial charge in [0, 0.05) is 12.6 Å². The third kappa shape index (κ3) is 2.40. The van der Waals surface area contributed by atoms with Gasteiger partial charge in [-0.05, 0) is 32.0 Å². The smallest absolute Gasteiger partial charge is 0.147 e. The van der Waals surface area contributed by atoms with Gasteiger partial charge in [-0.25, -0.2) is 4.39 Å². The Morgan fingerprint density at radius 2 is 2.24 bits per heavy atom. The quantitative estimate of drug-likeness (QED) is 0.748. The molecule has 1 saturated heterocycles. The summed E-state index contributed by atoms with van der Waals surface area (Å²) in [7, 11) is 0. The van der Waals surface area contributed by atoms with Crippen LogP contribution in [0, 0.1) is 17.1 Å². The van der Waals surface area contributed by atoms with Gasteiger partial charge < -0.3 is 9.64 Å². The Morgan fingerprint density at radius 3 is 2.88 bits per heavy atom. The lowest BCUT2D eigenvalue weighted by atomic mass is 10.1. The maximum atomic E-state index is 13.9. The number of halogens is 1. The molecule has 2 atom stereocenters. The molecule has 1 aliphatic heterocycles. The van der Waals surface area contributed by atoms with E-state index in [1.807, 2.05) is 24.8 Å². The van der Waals surface area contributed by atoms with Crippen molar-refractivity contribution in [3.8, 4) is 6.07 Å². The second kappa shape index (κ2) is 4.72. The molecule has 1 fully saturated rings. The van der Waals surface area contributed by atoms with E-state index in [-0.39, 0.29) is 18.0 Å². The molecule has 0 radical (unpaired) electrons. The molecular weight excluding hydrogens is 219 g/mol. The van der Waals surface area contributed by atoms with Gasteiger partial charge in [0.05, 0.1) is 30.0 Å². The van der Waals surface area contributed by atoms with E-state index in [4.69, 9.17) is 10.00 Å². The van der Waals surface area contributed by atoms with Crippen LogP contribution in [0.4, 0.5) is 10.1 Å². The molecule has 4 heteroatoms. The molecule has 2 rings (SSSR count). The molecule has 0 N–H and O–H groups in total. The van der Waals surface area contributed by atoms with Crippen molar-refractivity contribution in [3.05, 3.63) is 29.6 Å². The second-order valence-electron chi connectivity index (χ2n) is 4.42. The summed E-state index contributed by atoms with van der Waals surface area (Å²) < 4.78 is 19.4. The lowest BCUT2D eigenvalue weighted by Gasteiger charge is -2.38. The first-order valence-electron chi connectivity index (χ1n) is 5.69. The van der Waals surface area contributed by atoms with Gasteiger partial charge in [0.15, 0.2) is 0 Å². The number of benzene rings is 1. The number of nitrogens with zero attached hydrogens (tertiary/aromatic N) is 2. The number of anilines is 1. The van der Waals surface area contributed by atoms with Gasteiger partial charge in [-0.1, -0.05) is 0 Å². The van der Waals surface area contributed by atoms with Crippen molar-refractivity contribution in [2.24, 2.45) is 0 Å². The maximum Gasteiger partial charge on any atom is 0.147 e. The zero-order valence-corrected chi connectivity index (χ0v) is 9.98. The van der Waals surface area contributed by atoms with Gasteiger partial charge in [-0.3, -0.25) is 0 Å². The second-order valence-corrected chi connectivity index (χ2v) is 4.42. The Morgan fingerprint density at radius 1 is 1.47 bits per heavy atom. The lowest BCUT2D eigenvalue weighted by molar-refractivity contribution is 0.0341. The van der Waals surface area contributed by atoms with Crippen LogP contribution in [-0.4, -0.2) is 25.3 Å². The summed E-state index contributed by atoms with van der Waals surface area (Å²) in [6.45, 7) is 5.24. The molecule has 90 valence electrons. The zero-order valence-electron chi connectivity index (χ0n) is 9.98. The minimum absolute atomic E-state index is 0.0984. The van der Waals surface area contributed by atoms with E-state index in [2.05, 4.69) is 0 Å². The standard InChI is InChI=1S/C13H15FN2O/c1-9-8-17-10(2)7-16(9)13-4-3-11(6-15)5-12(13)14/h3-5,9-10H,7-8H2,1-2H3. The fraction of sp³-hybridized carbons (Fsp3) is 0.462. The van der Waals surface area contributed by atoms with E-state index in [1.54, 1.807) is 12.1 Å². The summed E-state index contributed by atoms with van der Waals surface area (Å²) in [5.74, 6) is -0.343. The van der Waals surface area contributed by atoms with Crippen LogP contribution in [0.2, 0.25) is 0 Å². The first-order valence-corrected chi connectivity index (χ1v) is 5.69. The molecule has 1 aromatic carbocycles. The van der Waals surface area contributed by atoms with Gasteiger partial charge >= 0.3 is 0 Å². The monoisotopic (exact) mass is 234 g/mol. The van der Waals surface area contributed by atoms with Crippen molar-refractivity contribution in [2.75, 3.05) is 18.1 Å². The Balaban J connectivity index is 2.30. The van der Waals surface area contributed by atoms with Crippen LogP contribution >= 0.6 is 0 Å². The molecule has 0 spiro atoms. The first kappa shape index (κ1) is 11.9. The highest BCUT2D eigenvalue weighted by molar-refractivity contribution is 5.52. The molecular formula is C13H15FN2O. The molecule has 2 unspecified atom stereocenters. The number of hydrogen-bond donors (Lipinski definition) is 0. The van der Waals surface area contributed by atoms with Crippen LogP contribution in [0.1, 0.15) is 19.4 Å². The largest absolute Gasteiger partial charge is 0.375 e. The predicted octanol–water partition coefficient (Wildman–Crippen LogP) is 2.31. The molecule has 3 nitrogen and oxygen atoms in total. The first-order chi connectivity index (χ1) is 8.11. The summed E-state index contributed by atoms with van der Waals surface area (Å²) >= 11 is 0. The van der Waals surface area contributed by atoms with Crippen molar-refractivity contribution in [3.63, 3.8) is 0 Å². The Hall–Kier alpha value is -1.60.